The van der Waals surface area contributed by atoms with Gasteiger partial charge in [0.1, 0.15) is 0 Å². The molecule has 0 aromatic carbocycles. The molecule has 0 aliphatic heterocycles. The normalized spacial score (nSPS) is 10.9. The van der Waals surface area contributed by atoms with E-state index >= 15 is 0 Å². The van der Waals surface area contributed by atoms with Gasteiger partial charge in [0.05, 0.1) is 13.3 Å². The van der Waals surface area contributed by atoms with Gasteiger partial charge in [0.25, 0.3) is 0 Å². The third kappa shape index (κ3) is 2.94. The standard InChI is InChI=1S/C9H15NO3S/c1-4-12-9(13-5-2)8-10-6-7(11-3)14-8/h6,9H,4-5H2,1-3H3. The molecule has 0 atom stereocenters. The van der Waals surface area contributed by atoms with Crippen LogP contribution in [0.4, 0.5) is 0 Å². The van der Waals surface area contributed by atoms with E-state index in [9.17, 15) is 0 Å². The predicted molar refractivity (Wildman–Crippen MR) is 54.7 cm³/mol. The van der Waals surface area contributed by atoms with Crippen LogP contribution in [-0.2, 0) is 9.47 Å². The van der Waals surface area contributed by atoms with E-state index in [0.29, 0.717) is 13.2 Å². The van der Waals surface area contributed by atoms with Gasteiger partial charge in [-0.05, 0) is 13.8 Å². The first-order chi connectivity index (χ1) is 6.81. The minimum absolute atomic E-state index is 0.362. The molecule has 0 aliphatic rings. The van der Waals surface area contributed by atoms with Crippen molar-refractivity contribution < 1.29 is 14.2 Å². The van der Waals surface area contributed by atoms with Crippen LogP contribution in [0.3, 0.4) is 0 Å². The van der Waals surface area contributed by atoms with Gasteiger partial charge in [0, 0.05) is 13.2 Å². The molecule has 0 spiro atoms. The summed E-state index contributed by atoms with van der Waals surface area (Å²) in [5.41, 5.74) is 0. The predicted octanol–water partition coefficient (Wildman–Crippen LogP) is 2.22. The molecule has 80 valence electrons. The Bertz CT molecular complexity index is 258. The van der Waals surface area contributed by atoms with Crippen LogP contribution >= 0.6 is 11.3 Å². The van der Waals surface area contributed by atoms with Crippen molar-refractivity contribution in [2.24, 2.45) is 0 Å². The van der Waals surface area contributed by atoms with E-state index in [4.69, 9.17) is 14.2 Å². The highest BCUT2D eigenvalue weighted by molar-refractivity contribution is 7.13. The Labute approximate surface area is 87.8 Å². The van der Waals surface area contributed by atoms with Gasteiger partial charge < -0.3 is 14.2 Å². The topological polar surface area (TPSA) is 40.6 Å². The molecule has 0 saturated carbocycles. The maximum Gasteiger partial charge on any atom is 0.210 e. The molecular weight excluding hydrogens is 202 g/mol. The van der Waals surface area contributed by atoms with Gasteiger partial charge in [-0.25, -0.2) is 4.98 Å². The summed E-state index contributed by atoms with van der Waals surface area (Å²) in [5, 5.41) is 1.56. The zero-order valence-electron chi connectivity index (χ0n) is 8.65. The molecule has 5 heteroatoms. The maximum absolute atomic E-state index is 5.40. The maximum atomic E-state index is 5.40. The van der Waals surface area contributed by atoms with Crippen molar-refractivity contribution in [1.29, 1.82) is 0 Å². The third-order valence-electron chi connectivity index (χ3n) is 1.54. The molecule has 0 amide bonds. The summed E-state index contributed by atoms with van der Waals surface area (Å²) >= 11 is 1.44. The lowest BCUT2D eigenvalue weighted by atomic mass is 10.6. The Balaban J connectivity index is 2.65. The fourth-order valence-electron chi connectivity index (χ4n) is 0.969. The van der Waals surface area contributed by atoms with E-state index in [1.165, 1.54) is 11.3 Å². The van der Waals surface area contributed by atoms with E-state index in [0.717, 1.165) is 10.1 Å². The van der Waals surface area contributed by atoms with Crippen molar-refractivity contribution in [3.05, 3.63) is 11.2 Å². The number of hydrogen-bond donors (Lipinski definition) is 0. The van der Waals surface area contributed by atoms with Crippen molar-refractivity contribution in [2.45, 2.75) is 20.1 Å². The van der Waals surface area contributed by atoms with Gasteiger partial charge in [-0.15, -0.1) is 0 Å². The Morgan fingerprint density at radius 1 is 1.36 bits per heavy atom. The molecule has 0 N–H and O–H groups in total. The van der Waals surface area contributed by atoms with Gasteiger partial charge in [-0.1, -0.05) is 11.3 Å². The number of rotatable bonds is 6. The summed E-state index contributed by atoms with van der Waals surface area (Å²) < 4.78 is 15.8. The zero-order chi connectivity index (χ0) is 10.4. The molecule has 1 heterocycles. The molecule has 14 heavy (non-hydrogen) atoms. The quantitative estimate of drug-likeness (QED) is 0.685. The van der Waals surface area contributed by atoms with Crippen LogP contribution in [0.25, 0.3) is 0 Å². The Morgan fingerprint density at radius 2 is 2.00 bits per heavy atom. The highest BCUT2D eigenvalue weighted by Crippen LogP contribution is 2.28. The van der Waals surface area contributed by atoms with Gasteiger partial charge in [-0.3, -0.25) is 0 Å². The smallest absolute Gasteiger partial charge is 0.210 e. The molecule has 0 saturated heterocycles. The summed E-state index contributed by atoms with van der Waals surface area (Å²) in [6, 6.07) is 0. The second-order valence-corrected chi connectivity index (χ2v) is 3.49. The third-order valence-corrected chi connectivity index (χ3v) is 2.52. The monoisotopic (exact) mass is 217 g/mol. The van der Waals surface area contributed by atoms with Crippen molar-refractivity contribution in [3.8, 4) is 5.06 Å². The summed E-state index contributed by atoms with van der Waals surface area (Å²) in [6.07, 6.45) is 1.31. The zero-order valence-corrected chi connectivity index (χ0v) is 9.47. The summed E-state index contributed by atoms with van der Waals surface area (Å²) in [5.74, 6) is 0. The molecule has 0 aliphatic carbocycles. The van der Waals surface area contributed by atoms with Gasteiger partial charge in [-0.2, -0.15) is 0 Å². The molecule has 0 bridgehead atoms. The first kappa shape index (κ1) is 11.4. The van der Waals surface area contributed by atoms with E-state index in [1.807, 2.05) is 13.8 Å². The summed E-state index contributed by atoms with van der Waals surface area (Å²) in [6.45, 7) is 5.06. The van der Waals surface area contributed by atoms with Crippen LogP contribution in [0.5, 0.6) is 5.06 Å². The van der Waals surface area contributed by atoms with Gasteiger partial charge in [0.2, 0.25) is 6.29 Å². The fraction of sp³-hybridized carbons (Fsp3) is 0.667. The lowest BCUT2D eigenvalue weighted by Crippen LogP contribution is -2.08. The average molecular weight is 217 g/mol. The molecule has 1 rings (SSSR count). The number of aromatic nitrogens is 1. The van der Waals surface area contributed by atoms with Crippen LogP contribution in [-0.4, -0.2) is 25.3 Å². The Hall–Kier alpha value is -0.650. The van der Waals surface area contributed by atoms with E-state index in [1.54, 1.807) is 13.3 Å². The van der Waals surface area contributed by atoms with Gasteiger partial charge in [0.15, 0.2) is 10.1 Å². The highest BCUT2D eigenvalue weighted by Gasteiger charge is 2.15. The first-order valence-electron chi connectivity index (χ1n) is 4.54. The SMILES string of the molecule is CCOC(OCC)c1ncc(OC)s1. The van der Waals surface area contributed by atoms with Crippen LogP contribution in [0, 0.1) is 0 Å². The second-order valence-electron chi connectivity index (χ2n) is 2.46. The van der Waals surface area contributed by atoms with Crippen molar-refractivity contribution in [2.75, 3.05) is 20.3 Å². The summed E-state index contributed by atoms with van der Waals surface area (Å²) in [7, 11) is 1.62. The van der Waals surface area contributed by atoms with Crippen LogP contribution in [0.1, 0.15) is 25.1 Å². The highest BCUT2D eigenvalue weighted by atomic mass is 32.1. The minimum Gasteiger partial charge on any atom is -0.486 e. The fourth-order valence-corrected chi connectivity index (χ4v) is 1.70. The van der Waals surface area contributed by atoms with Crippen molar-refractivity contribution in [3.63, 3.8) is 0 Å². The Kier molecular flexibility index (Phi) is 4.86. The lowest BCUT2D eigenvalue weighted by molar-refractivity contribution is -0.140. The van der Waals surface area contributed by atoms with Crippen molar-refractivity contribution >= 4 is 11.3 Å². The molecule has 4 nitrogen and oxygen atoms in total. The lowest BCUT2D eigenvalue weighted by Gasteiger charge is -2.13. The molecular formula is C9H15NO3S. The number of thiazole rings is 1. The summed E-state index contributed by atoms with van der Waals surface area (Å²) in [4.78, 5) is 4.17. The molecule has 0 radical (unpaired) electrons. The van der Waals surface area contributed by atoms with Gasteiger partial charge >= 0.3 is 0 Å². The largest absolute Gasteiger partial charge is 0.486 e. The van der Waals surface area contributed by atoms with Crippen LogP contribution < -0.4 is 4.74 Å². The Morgan fingerprint density at radius 3 is 2.43 bits per heavy atom. The van der Waals surface area contributed by atoms with Crippen LogP contribution in [0.15, 0.2) is 6.20 Å². The molecule has 1 aromatic heterocycles. The molecule has 1 aromatic rings. The van der Waals surface area contributed by atoms with E-state index < -0.39 is 0 Å². The van der Waals surface area contributed by atoms with E-state index in [-0.39, 0.29) is 6.29 Å². The number of ether oxygens (including phenoxy) is 3. The molecule has 0 unspecified atom stereocenters. The van der Waals surface area contributed by atoms with E-state index in [2.05, 4.69) is 4.98 Å². The number of nitrogens with zero attached hydrogens (tertiary/aromatic N) is 1. The first-order valence-corrected chi connectivity index (χ1v) is 5.36. The van der Waals surface area contributed by atoms with Crippen LogP contribution in [0.2, 0.25) is 0 Å². The minimum atomic E-state index is -0.362. The average Bonchev–Trinajstić information content (AvgIpc) is 2.65. The number of hydrogen-bond acceptors (Lipinski definition) is 5. The second kappa shape index (κ2) is 5.95. The van der Waals surface area contributed by atoms with Crippen molar-refractivity contribution in [1.82, 2.24) is 4.98 Å². The number of methoxy groups -OCH3 is 1. The molecule has 0 fully saturated rings.